The molecule has 0 bridgehead atoms. The molecule has 21 heavy (non-hydrogen) atoms. The maximum Gasteiger partial charge on any atom is 0.289 e. The lowest BCUT2D eigenvalue weighted by molar-refractivity contribution is -0.132. The highest BCUT2D eigenvalue weighted by atomic mass is 32.2. The highest BCUT2D eigenvalue weighted by Crippen LogP contribution is 2.27. The summed E-state index contributed by atoms with van der Waals surface area (Å²) in [7, 11) is 0. The number of hydrogen-bond donors (Lipinski definition) is 0. The van der Waals surface area contributed by atoms with Crippen molar-refractivity contribution in [2.45, 2.75) is 24.5 Å². The van der Waals surface area contributed by atoms with Crippen LogP contribution in [0.1, 0.15) is 29.8 Å². The molecule has 1 unspecified atom stereocenters. The van der Waals surface area contributed by atoms with Gasteiger partial charge >= 0.3 is 0 Å². The molecule has 2 fully saturated rings. The molecule has 1 aromatic heterocycles. The molecular weight excluding hydrogens is 288 g/mol. The van der Waals surface area contributed by atoms with Gasteiger partial charge < -0.3 is 14.2 Å². The van der Waals surface area contributed by atoms with Crippen LogP contribution in [0.25, 0.3) is 0 Å². The summed E-state index contributed by atoms with van der Waals surface area (Å²) in [5.74, 6) is 1.63. The number of piperazine rings is 1. The quantitative estimate of drug-likeness (QED) is 0.837. The SMILES string of the molecule is O=C(c1ccco1)N1CCN(C(=O)C2CCCCS2)CC1. The van der Waals surface area contributed by atoms with E-state index in [2.05, 4.69) is 0 Å². The van der Waals surface area contributed by atoms with Crippen LogP contribution in [0.5, 0.6) is 0 Å². The van der Waals surface area contributed by atoms with E-state index in [4.69, 9.17) is 4.42 Å². The molecule has 0 N–H and O–H groups in total. The Labute approximate surface area is 128 Å². The third kappa shape index (κ3) is 3.26. The van der Waals surface area contributed by atoms with Gasteiger partial charge in [0.15, 0.2) is 5.76 Å². The lowest BCUT2D eigenvalue weighted by Crippen LogP contribution is -2.52. The van der Waals surface area contributed by atoms with E-state index in [1.165, 1.54) is 12.7 Å². The fourth-order valence-electron chi connectivity index (χ4n) is 2.83. The molecule has 0 spiro atoms. The second-order valence-corrected chi connectivity index (χ2v) is 6.76. The summed E-state index contributed by atoms with van der Waals surface area (Å²) >= 11 is 1.78. The molecule has 3 heterocycles. The molecule has 5 nitrogen and oxygen atoms in total. The number of amides is 2. The first-order valence-electron chi connectivity index (χ1n) is 7.49. The van der Waals surface area contributed by atoms with Crippen LogP contribution in [0.2, 0.25) is 0 Å². The van der Waals surface area contributed by atoms with Gasteiger partial charge in [0.1, 0.15) is 0 Å². The molecule has 2 aliphatic heterocycles. The summed E-state index contributed by atoms with van der Waals surface area (Å²) in [4.78, 5) is 28.3. The maximum atomic E-state index is 12.4. The monoisotopic (exact) mass is 308 g/mol. The van der Waals surface area contributed by atoms with E-state index in [0.29, 0.717) is 31.9 Å². The van der Waals surface area contributed by atoms with Crippen molar-refractivity contribution in [3.63, 3.8) is 0 Å². The average Bonchev–Trinajstić information content (AvgIpc) is 3.09. The first kappa shape index (κ1) is 14.5. The Bertz CT molecular complexity index is 489. The summed E-state index contributed by atoms with van der Waals surface area (Å²) in [5, 5.41) is 0.131. The molecule has 2 aliphatic rings. The molecule has 0 radical (unpaired) electrons. The van der Waals surface area contributed by atoms with Gasteiger partial charge in [-0.15, -0.1) is 11.8 Å². The summed E-state index contributed by atoms with van der Waals surface area (Å²) in [6, 6.07) is 3.39. The fourth-order valence-corrected chi connectivity index (χ4v) is 4.11. The van der Waals surface area contributed by atoms with Crippen LogP contribution in [0.3, 0.4) is 0 Å². The predicted octanol–water partition coefficient (Wildman–Crippen LogP) is 1.85. The molecule has 1 aromatic rings. The summed E-state index contributed by atoms with van der Waals surface area (Å²) < 4.78 is 5.14. The Morgan fingerprint density at radius 2 is 1.90 bits per heavy atom. The number of nitrogens with zero attached hydrogens (tertiary/aromatic N) is 2. The van der Waals surface area contributed by atoms with E-state index in [1.54, 1.807) is 28.8 Å². The summed E-state index contributed by atoms with van der Waals surface area (Å²) in [5.41, 5.74) is 0. The highest BCUT2D eigenvalue weighted by Gasteiger charge is 2.30. The van der Waals surface area contributed by atoms with Crippen LogP contribution >= 0.6 is 11.8 Å². The number of rotatable bonds is 2. The van der Waals surface area contributed by atoms with E-state index in [1.807, 2.05) is 4.90 Å². The topological polar surface area (TPSA) is 53.8 Å². The van der Waals surface area contributed by atoms with Crippen LogP contribution in [-0.2, 0) is 4.79 Å². The first-order chi connectivity index (χ1) is 10.3. The van der Waals surface area contributed by atoms with Gasteiger partial charge in [0, 0.05) is 26.2 Å². The van der Waals surface area contributed by atoms with Crippen LogP contribution in [0.4, 0.5) is 0 Å². The predicted molar refractivity (Wildman–Crippen MR) is 81.3 cm³/mol. The lowest BCUT2D eigenvalue weighted by atomic mass is 10.1. The smallest absolute Gasteiger partial charge is 0.289 e. The Kier molecular flexibility index (Phi) is 4.53. The molecule has 0 aliphatic carbocycles. The Balaban J connectivity index is 1.52. The molecule has 0 aromatic carbocycles. The maximum absolute atomic E-state index is 12.4. The fraction of sp³-hybridized carbons (Fsp3) is 0.600. The minimum absolute atomic E-state index is 0.0841. The second kappa shape index (κ2) is 6.56. The third-order valence-electron chi connectivity index (χ3n) is 4.07. The van der Waals surface area contributed by atoms with Crippen molar-refractivity contribution < 1.29 is 14.0 Å². The second-order valence-electron chi connectivity index (χ2n) is 5.45. The van der Waals surface area contributed by atoms with Crippen molar-refractivity contribution >= 4 is 23.6 Å². The zero-order valence-corrected chi connectivity index (χ0v) is 12.8. The van der Waals surface area contributed by atoms with Gasteiger partial charge in [-0.3, -0.25) is 9.59 Å². The van der Waals surface area contributed by atoms with Crippen LogP contribution in [-0.4, -0.2) is 58.8 Å². The van der Waals surface area contributed by atoms with Crippen LogP contribution in [0, 0.1) is 0 Å². The lowest BCUT2D eigenvalue weighted by Gasteiger charge is -2.36. The molecule has 1 atom stereocenters. The van der Waals surface area contributed by atoms with Gasteiger partial charge in [-0.05, 0) is 30.7 Å². The Morgan fingerprint density at radius 1 is 1.14 bits per heavy atom. The molecule has 2 amide bonds. The molecule has 3 rings (SSSR count). The van der Waals surface area contributed by atoms with Gasteiger partial charge in [-0.2, -0.15) is 0 Å². The molecular formula is C15H20N2O3S. The summed E-state index contributed by atoms with van der Waals surface area (Å²) in [6.45, 7) is 2.43. The van der Waals surface area contributed by atoms with E-state index in [-0.39, 0.29) is 17.1 Å². The van der Waals surface area contributed by atoms with E-state index < -0.39 is 0 Å². The molecule has 6 heteroatoms. The van der Waals surface area contributed by atoms with E-state index in [0.717, 1.165) is 18.6 Å². The van der Waals surface area contributed by atoms with Crippen molar-refractivity contribution in [3.8, 4) is 0 Å². The summed E-state index contributed by atoms with van der Waals surface area (Å²) in [6.07, 6.45) is 4.88. The average molecular weight is 308 g/mol. The standard InChI is InChI=1S/C15H20N2O3S/c18-14(12-4-3-10-20-12)16-6-8-17(9-7-16)15(19)13-5-1-2-11-21-13/h3-4,10,13H,1-2,5-9,11H2. The van der Waals surface area contributed by atoms with Crippen molar-refractivity contribution in [2.24, 2.45) is 0 Å². The number of hydrogen-bond acceptors (Lipinski definition) is 4. The Morgan fingerprint density at radius 3 is 2.52 bits per heavy atom. The molecule has 114 valence electrons. The zero-order valence-electron chi connectivity index (χ0n) is 12.0. The van der Waals surface area contributed by atoms with Crippen molar-refractivity contribution in [1.29, 1.82) is 0 Å². The largest absolute Gasteiger partial charge is 0.459 e. The number of furan rings is 1. The van der Waals surface area contributed by atoms with E-state index >= 15 is 0 Å². The van der Waals surface area contributed by atoms with Crippen molar-refractivity contribution in [3.05, 3.63) is 24.2 Å². The first-order valence-corrected chi connectivity index (χ1v) is 8.54. The van der Waals surface area contributed by atoms with Gasteiger partial charge in [0.25, 0.3) is 5.91 Å². The van der Waals surface area contributed by atoms with Crippen LogP contribution < -0.4 is 0 Å². The minimum atomic E-state index is -0.0841. The number of carbonyl (C=O) groups excluding carboxylic acids is 2. The van der Waals surface area contributed by atoms with Crippen molar-refractivity contribution in [2.75, 3.05) is 31.9 Å². The van der Waals surface area contributed by atoms with E-state index in [9.17, 15) is 9.59 Å². The van der Waals surface area contributed by atoms with Crippen LogP contribution in [0.15, 0.2) is 22.8 Å². The minimum Gasteiger partial charge on any atom is -0.459 e. The van der Waals surface area contributed by atoms with Gasteiger partial charge in [-0.25, -0.2) is 0 Å². The normalized spacial score (nSPS) is 23.1. The zero-order chi connectivity index (χ0) is 14.7. The Hall–Kier alpha value is -1.43. The van der Waals surface area contributed by atoms with Gasteiger partial charge in [0.05, 0.1) is 11.5 Å². The molecule has 0 saturated carbocycles. The highest BCUT2D eigenvalue weighted by molar-refractivity contribution is 8.00. The number of thioether (sulfide) groups is 1. The third-order valence-corrected chi connectivity index (χ3v) is 5.43. The van der Waals surface area contributed by atoms with Gasteiger partial charge in [0.2, 0.25) is 5.91 Å². The van der Waals surface area contributed by atoms with Gasteiger partial charge in [-0.1, -0.05) is 6.42 Å². The number of carbonyl (C=O) groups is 2. The van der Waals surface area contributed by atoms with Crippen molar-refractivity contribution in [1.82, 2.24) is 9.80 Å². The molecule has 2 saturated heterocycles.